The third kappa shape index (κ3) is 2.53. The molecule has 0 spiro atoms. The molecule has 1 aromatic rings. The number of hydrogen-bond acceptors (Lipinski definition) is 2. The molecule has 1 rings (SSSR count). The summed E-state index contributed by atoms with van der Waals surface area (Å²) in [6, 6.07) is 2.58. The summed E-state index contributed by atoms with van der Waals surface area (Å²) in [5, 5.41) is 0. The van der Waals surface area contributed by atoms with Gasteiger partial charge in [-0.15, -0.1) is 0 Å². The van der Waals surface area contributed by atoms with Gasteiger partial charge in [-0.2, -0.15) is 4.39 Å². The zero-order chi connectivity index (χ0) is 11.3. The maximum atomic E-state index is 13.2. The lowest BCUT2D eigenvalue weighted by molar-refractivity contribution is -0.107. The Labute approximate surface area is 85.9 Å². The van der Waals surface area contributed by atoms with E-state index >= 15 is 0 Å². The molecule has 78 valence electrons. The third-order valence-corrected chi connectivity index (χ3v) is 1.68. The predicted octanol–water partition coefficient (Wildman–Crippen LogP) is 1.91. The summed E-state index contributed by atoms with van der Waals surface area (Å²) in [6.07, 6.45) is 0.581. The Hall–Kier alpha value is -1.89. The topological polar surface area (TPSA) is 26.3 Å². The summed E-state index contributed by atoms with van der Waals surface area (Å²) in [7, 11) is 1.25. The highest BCUT2D eigenvalue weighted by molar-refractivity contribution is 5.55. The molecular weight excluding hydrogens is 202 g/mol. The molecule has 0 heterocycles. The van der Waals surface area contributed by atoms with Crippen LogP contribution in [0, 0.1) is 23.5 Å². The van der Waals surface area contributed by atoms with Crippen LogP contribution < -0.4 is 4.74 Å². The predicted molar refractivity (Wildman–Crippen MR) is 50.5 cm³/mol. The molecule has 0 aromatic heterocycles. The average Bonchev–Trinajstić information content (AvgIpc) is 2.25. The van der Waals surface area contributed by atoms with Crippen molar-refractivity contribution in [3.8, 4) is 17.6 Å². The zero-order valence-electron chi connectivity index (χ0n) is 8.01. The van der Waals surface area contributed by atoms with Crippen LogP contribution in [0.2, 0.25) is 0 Å². The van der Waals surface area contributed by atoms with Crippen molar-refractivity contribution in [3.05, 3.63) is 29.3 Å². The van der Waals surface area contributed by atoms with E-state index in [9.17, 15) is 13.6 Å². The van der Waals surface area contributed by atoms with Crippen LogP contribution in [-0.2, 0) is 4.79 Å². The molecule has 0 saturated carbocycles. The number of benzene rings is 1. The quantitative estimate of drug-likeness (QED) is 0.550. The average molecular weight is 210 g/mol. The number of aldehydes is 1. The molecule has 0 N–H and O–H groups in total. The minimum Gasteiger partial charge on any atom is -0.494 e. The Morgan fingerprint density at radius 3 is 2.73 bits per heavy atom. The molecule has 0 bridgehead atoms. The van der Waals surface area contributed by atoms with Crippen LogP contribution in [0.1, 0.15) is 12.0 Å². The molecule has 0 saturated heterocycles. The summed E-state index contributed by atoms with van der Waals surface area (Å²) >= 11 is 0. The summed E-state index contributed by atoms with van der Waals surface area (Å²) in [6.45, 7) is 0. The molecule has 1 aromatic carbocycles. The number of carbonyl (C=O) groups is 1. The molecule has 0 aliphatic heterocycles. The normalized spacial score (nSPS) is 9.00. The number of carbonyl (C=O) groups excluding carboxylic acids is 1. The summed E-state index contributed by atoms with van der Waals surface area (Å²) < 4.78 is 31.0. The smallest absolute Gasteiger partial charge is 0.201 e. The van der Waals surface area contributed by atoms with Gasteiger partial charge in [0.1, 0.15) is 6.29 Å². The number of hydrogen-bond donors (Lipinski definition) is 0. The van der Waals surface area contributed by atoms with E-state index < -0.39 is 11.6 Å². The lowest BCUT2D eigenvalue weighted by Crippen LogP contribution is -1.94. The van der Waals surface area contributed by atoms with Crippen LogP contribution in [0.25, 0.3) is 0 Å². The SMILES string of the molecule is COc1ccc(C#CCC=O)c(F)c1F. The van der Waals surface area contributed by atoms with E-state index in [0.29, 0.717) is 6.29 Å². The van der Waals surface area contributed by atoms with Gasteiger partial charge < -0.3 is 9.53 Å². The summed E-state index contributed by atoms with van der Waals surface area (Å²) in [4.78, 5) is 9.96. The first-order valence-electron chi connectivity index (χ1n) is 4.15. The molecule has 0 radical (unpaired) electrons. The van der Waals surface area contributed by atoms with Crippen molar-refractivity contribution < 1.29 is 18.3 Å². The molecule has 0 amide bonds. The van der Waals surface area contributed by atoms with Crippen molar-refractivity contribution in [1.29, 1.82) is 0 Å². The van der Waals surface area contributed by atoms with E-state index in [1.54, 1.807) is 0 Å². The van der Waals surface area contributed by atoms with E-state index in [1.165, 1.54) is 19.2 Å². The molecule has 4 heteroatoms. The van der Waals surface area contributed by atoms with Crippen LogP contribution in [-0.4, -0.2) is 13.4 Å². The molecular formula is C11H8F2O2. The van der Waals surface area contributed by atoms with Crippen molar-refractivity contribution in [2.45, 2.75) is 6.42 Å². The molecule has 0 aliphatic carbocycles. The van der Waals surface area contributed by atoms with Gasteiger partial charge in [0.25, 0.3) is 0 Å². The Bertz CT molecular complexity index is 430. The van der Waals surface area contributed by atoms with Gasteiger partial charge >= 0.3 is 0 Å². The first-order chi connectivity index (χ1) is 7.20. The third-order valence-electron chi connectivity index (χ3n) is 1.68. The summed E-state index contributed by atoms with van der Waals surface area (Å²) in [5.41, 5.74) is -0.0878. The van der Waals surface area contributed by atoms with Gasteiger partial charge in [0, 0.05) is 0 Å². The minimum atomic E-state index is -1.07. The van der Waals surface area contributed by atoms with Crippen LogP contribution in [0.3, 0.4) is 0 Å². The number of halogens is 2. The highest BCUT2D eigenvalue weighted by atomic mass is 19.2. The van der Waals surface area contributed by atoms with Gasteiger partial charge in [0.05, 0.1) is 19.1 Å². The first-order valence-corrected chi connectivity index (χ1v) is 4.15. The molecule has 0 aliphatic rings. The van der Waals surface area contributed by atoms with Gasteiger partial charge in [0.15, 0.2) is 11.6 Å². The van der Waals surface area contributed by atoms with Crippen molar-refractivity contribution in [1.82, 2.24) is 0 Å². The van der Waals surface area contributed by atoms with E-state index in [4.69, 9.17) is 0 Å². The fourth-order valence-electron chi connectivity index (χ4n) is 0.974. The zero-order valence-corrected chi connectivity index (χ0v) is 8.01. The Morgan fingerprint density at radius 2 is 2.13 bits per heavy atom. The van der Waals surface area contributed by atoms with E-state index in [2.05, 4.69) is 16.6 Å². The summed E-state index contributed by atoms with van der Waals surface area (Å²) in [5.74, 6) is 2.44. The van der Waals surface area contributed by atoms with Crippen molar-refractivity contribution in [2.24, 2.45) is 0 Å². The Kier molecular flexibility index (Phi) is 3.81. The lowest BCUT2D eigenvalue weighted by atomic mass is 10.2. The van der Waals surface area contributed by atoms with E-state index in [0.717, 1.165) is 0 Å². The highest BCUT2D eigenvalue weighted by Crippen LogP contribution is 2.21. The molecule has 0 unspecified atom stereocenters. The second-order valence-electron chi connectivity index (χ2n) is 2.62. The van der Waals surface area contributed by atoms with E-state index in [1.807, 2.05) is 0 Å². The fourth-order valence-corrected chi connectivity index (χ4v) is 0.974. The van der Waals surface area contributed by atoms with Gasteiger partial charge in [-0.05, 0) is 12.1 Å². The van der Waals surface area contributed by atoms with Crippen molar-refractivity contribution in [3.63, 3.8) is 0 Å². The van der Waals surface area contributed by atoms with Gasteiger partial charge in [-0.3, -0.25) is 0 Å². The Balaban J connectivity index is 3.08. The van der Waals surface area contributed by atoms with Crippen LogP contribution in [0.5, 0.6) is 5.75 Å². The largest absolute Gasteiger partial charge is 0.494 e. The van der Waals surface area contributed by atoms with E-state index in [-0.39, 0.29) is 17.7 Å². The standard InChI is InChI=1S/C11H8F2O2/c1-15-9-6-5-8(4-2-3-7-14)10(12)11(9)13/h5-7H,3H2,1H3. The molecule has 2 nitrogen and oxygen atoms in total. The fraction of sp³-hybridized carbons (Fsp3) is 0.182. The number of ether oxygens (including phenoxy) is 1. The minimum absolute atomic E-state index is 0.00686. The van der Waals surface area contributed by atoms with Crippen LogP contribution in [0.15, 0.2) is 12.1 Å². The van der Waals surface area contributed by atoms with Gasteiger partial charge in [0.2, 0.25) is 5.82 Å². The van der Waals surface area contributed by atoms with Gasteiger partial charge in [-0.25, -0.2) is 4.39 Å². The van der Waals surface area contributed by atoms with Crippen LogP contribution >= 0.6 is 0 Å². The van der Waals surface area contributed by atoms with Crippen LogP contribution in [0.4, 0.5) is 8.78 Å². The van der Waals surface area contributed by atoms with Crippen molar-refractivity contribution in [2.75, 3.05) is 7.11 Å². The maximum Gasteiger partial charge on any atom is 0.201 e. The van der Waals surface area contributed by atoms with Crippen molar-refractivity contribution >= 4 is 6.29 Å². The second kappa shape index (κ2) is 5.11. The second-order valence-corrected chi connectivity index (χ2v) is 2.62. The van der Waals surface area contributed by atoms with Gasteiger partial charge in [-0.1, -0.05) is 11.8 Å². The molecule has 15 heavy (non-hydrogen) atoms. The highest BCUT2D eigenvalue weighted by Gasteiger charge is 2.11. The monoisotopic (exact) mass is 210 g/mol. The Morgan fingerprint density at radius 1 is 1.40 bits per heavy atom. The number of rotatable bonds is 2. The molecule has 0 fully saturated rings. The first kappa shape index (κ1) is 11.2. The lowest BCUT2D eigenvalue weighted by Gasteiger charge is -2.02. The number of methoxy groups -OCH3 is 1. The maximum absolute atomic E-state index is 13.2. The molecule has 0 atom stereocenters.